The van der Waals surface area contributed by atoms with E-state index in [0.717, 1.165) is 5.56 Å². The van der Waals surface area contributed by atoms with Gasteiger partial charge in [-0.3, -0.25) is 30.2 Å². The van der Waals surface area contributed by atoms with E-state index in [-0.39, 0.29) is 12.3 Å². The Kier molecular flexibility index (Phi) is 8.50. The molecule has 11 nitrogen and oxygen atoms in total. The number of nitrogens with zero attached hydrogens (tertiary/aromatic N) is 1. The molecule has 0 radical (unpaired) electrons. The van der Waals surface area contributed by atoms with Crippen molar-refractivity contribution in [2.75, 3.05) is 5.43 Å². The van der Waals surface area contributed by atoms with Crippen LogP contribution in [0, 0.1) is 17.8 Å². The van der Waals surface area contributed by atoms with Gasteiger partial charge in [-0.15, -0.1) is 4.68 Å². The molecule has 1 heterocycles. The van der Waals surface area contributed by atoms with E-state index in [1.165, 1.54) is 0 Å². The maximum absolute atomic E-state index is 13.0. The Hall–Kier alpha value is -3.47. The topological polar surface area (TPSA) is 166 Å². The van der Waals surface area contributed by atoms with Crippen LogP contribution in [-0.4, -0.2) is 31.7 Å². The van der Waals surface area contributed by atoms with Crippen molar-refractivity contribution in [3.63, 3.8) is 0 Å². The highest BCUT2D eigenvalue weighted by Gasteiger charge is 2.34. The maximum atomic E-state index is 13.0. The SMILES string of the molecule is CC(C)CC(C(=O)Nn1c(=O)[nH]c(=O)[nH]c1=O)[C@@H](CCCc1ccccc1)C(=O)NO. The summed E-state index contributed by atoms with van der Waals surface area (Å²) in [5.74, 6) is -3.29. The average molecular weight is 433 g/mol. The first-order chi connectivity index (χ1) is 14.7. The normalized spacial score (nSPS) is 12.9. The number of hydrogen-bond acceptors (Lipinski definition) is 6. The molecule has 2 aromatic rings. The number of amides is 2. The minimum absolute atomic E-state index is 0.00412. The van der Waals surface area contributed by atoms with Crippen LogP contribution >= 0.6 is 0 Å². The molecule has 0 fully saturated rings. The van der Waals surface area contributed by atoms with Gasteiger partial charge in [0.05, 0.1) is 11.8 Å². The van der Waals surface area contributed by atoms with E-state index in [9.17, 15) is 29.2 Å². The van der Waals surface area contributed by atoms with E-state index >= 15 is 0 Å². The van der Waals surface area contributed by atoms with Crippen LogP contribution in [0.4, 0.5) is 0 Å². The van der Waals surface area contributed by atoms with Crippen LogP contribution in [-0.2, 0) is 16.0 Å². The zero-order chi connectivity index (χ0) is 23.0. The number of aromatic amines is 2. The quantitative estimate of drug-likeness (QED) is 0.263. The summed E-state index contributed by atoms with van der Waals surface area (Å²) in [6, 6.07) is 9.61. The highest BCUT2D eigenvalue weighted by molar-refractivity contribution is 5.91. The van der Waals surface area contributed by atoms with Gasteiger partial charge in [0.2, 0.25) is 11.8 Å². The largest absolute Gasteiger partial charge is 0.353 e. The Morgan fingerprint density at radius 2 is 1.61 bits per heavy atom. The minimum atomic E-state index is -1.11. The monoisotopic (exact) mass is 433 g/mol. The van der Waals surface area contributed by atoms with Crippen LogP contribution < -0.4 is 28.0 Å². The van der Waals surface area contributed by atoms with Crippen molar-refractivity contribution in [2.24, 2.45) is 17.8 Å². The van der Waals surface area contributed by atoms with Crippen molar-refractivity contribution in [2.45, 2.75) is 39.5 Å². The molecule has 0 bridgehead atoms. The van der Waals surface area contributed by atoms with Crippen molar-refractivity contribution in [1.29, 1.82) is 0 Å². The Balaban J connectivity index is 2.24. The van der Waals surface area contributed by atoms with Gasteiger partial charge >= 0.3 is 17.1 Å². The van der Waals surface area contributed by atoms with Crippen LogP contribution in [0.1, 0.15) is 38.7 Å². The molecule has 31 heavy (non-hydrogen) atoms. The first kappa shape index (κ1) is 23.8. The number of aromatic nitrogens is 3. The minimum Gasteiger partial charge on any atom is -0.289 e. The second-order valence-electron chi connectivity index (χ2n) is 7.70. The van der Waals surface area contributed by atoms with Crippen molar-refractivity contribution >= 4 is 11.8 Å². The van der Waals surface area contributed by atoms with Crippen molar-refractivity contribution in [1.82, 2.24) is 20.1 Å². The second-order valence-corrected chi connectivity index (χ2v) is 7.70. The van der Waals surface area contributed by atoms with Crippen LogP contribution in [0.25, 0.3) is 0 Å². The second kappa shape index (κ2) is 11.1. The van der Waals surface area contributed by atoms with Gasteiger partial charge in [0.25, 0.3) is 0 Å². The molecule has 168 valence electrons. The number of rotatable bonds is 10. The van der Waals surface area contributed by atoms with Crippen LogP contribution in [0.2, 0.25) is 0 Å². The standard InChI is InChI=1S/C20H27N5O6/c1-12(2)11-15(16(26)23-25-19(29)21-18(28)22-20(25)30)14(17(27)24-31)10-6-9-13-7-4-3-5-8-13/h3-5,7-8,12,14-15,31H,6,9-11H2,1-2H3,(H,23,26)(H,24,27)(H2,21,22,28,29,30)/t14-,15?/m1/s1. The average Bonchev–Trinajstić information content (AvgIpc) is 2.72. The lowest BCUT2D eigenvalue weighted by molar-refractivity contribution is -0.139. The summed E-state index contributed by atoms with van der Waals surface area (Å²) < 4.78 is 0.342. The third-order valence-corrected chi connectivity index (χ3v) is 4.89. The van der Waals surface area contributed by atoms with Gasteiger partial charge in [-0.2, -0.15) is 0 Å². The van der Waals surface area contributed by atoms with E-state index in [2.05, 4.69) is 5.43 Å². The molecule has 5 N–H and O–H groups in total. The van der Waals surface area contributed by atoms with Gasteiger partial charge in [0.1, 0.15) is 0 Å². The molecule has 1 aromatic carbocycles. The number of carbonyl (C=O) groups excluding carboxylic acids is 2. The fourth-order valence-corrected chi connectivity index (χ4v) is 3.45. The van der Waals surface area contributed by atoms with Gasteiger partial charge in [-0.1, -0.05) is 44.2 Å². The predicted octanol–water partition coefficient (Wildman–Crippen LogP) is 0.102. The zero-order valence-electron chi connectivity index (χ0n) is 17.4. The molecule has 0 aliphatic heterocycles. The van der Waals surface area contributed by atoms with Crippen LogP contribution in [0.15, 0.2) is 44.7 Å². The Bertz CT molecular complexity index is 1020. The lowest BCUT2D eigenvalue weighted by Crippen LogP contribution is -2.51. The number of aryl methyl sites for hydroxylation is 1. The summed E-state index contributed by atoms with van der Waals surface area (Å²) in [4.78, 5) is 64.0. The van der Waals surface area contributed by atoms with E-state index < -0.39 is 40.7 Å². The van der Waals surface area contributed by atoms with Crippen LogP contribution in [0.3, 0.4) is 0 Å². The summed E-state index contributed by atoms with van der Waals surface area (Å²) in [6.45, 7) is 3.72. The molecule has 1 unspecified atom stereocenters. The third-order valence-electron chi connectivity index (χ3n) is 4.89. The van der Waals surface area contributed by atoms with Crippen molar-refractivity contribution in [3.8, 4) is 0 Å². The molecule has 1 aromatic heterocycles. The Labute approximate surface area is 177 Å². The number of hydrogen-bond donors (Lipinski definition) is 5. The zero-order valence-corrected chi connectivity index (χ0v) is 17.4. The number of hydroxylamine groups is 1. The van der Waals surface area contributed by atoms with Gasteiger partial charge in [0.15, 0.2) is 0 Å². The first-order valence-corrected chi connectivity index (χ1v) is 9.97. The van der Waals surface area contributed by atoms with Crippen molar-refractivity contribution < 1.29 is 14.8 Å². The summed E-state index contributed by atoms with van der Waals surface area (Å²) in [5, 5.41) is 9.21. The smallest absolute Gasteiger partial charge is 0.289 e. The van der Waals surface area contributed by atoms with E-state index in [1.807, 2.05) is 54.1 Å². The first-order valence-electron chi connectivity index (χ1n) is 9.97. The Morgan fingerprint density at radius 3 is 2.16 bits per heavy atom. The highest BCUT2D eigenvalue weighted by Crippen LogP contribution is 2.26. The Morgan fingerprint density at radius 1 is 1.00 bits per heavy atom. The predicted molar refractivity (Wildman–Crippen MR) is 112 cm³/mol. The molecule has 0 aliphatic rings. The summed E-state index contributed by atoms with van der Waals surface area (Å²) in [7, 11) is 0. The summed E-state index contributed by atoms with van der Waals surface area (Å²) in [5.41, 5.74) is 1.62. The lowest BCUT2D eigenvalue weighted by atomic mass is 9.81. The molecule has 2 amide bonds. The molecule has 2 atom stereocenters. The number of nitrogens with one attached hydrogen (secondary N) is 4. The molecule has 2 rings (SSSR count). The van der Waals surface area contributed by atoms with E-state index in [0.29, 0.717) is 23.9 Å². The molecule has 0 saturated heterocycles. The lowest BCUT2D eigenvalue weighted by Gasteiger charge is -2.26. The fraction of sp³-hybridized carbons (Fsp3) is 0.450. The third kappa shape index (κ3) is 6.78. The molecular formula is C20H27N5O6. The molecule has 0 saturated carbocycles. The molecule has 11 heteroatoms. The summed E-state index contributed by atoms with van der Waals surface area (Å²) >= 11 is 0. The van der Waals surface area contributed by atoms with Gasteiger partial charge < -0.3 is 0 Å². The fourth-order valence-electron chi connectivity index (χ4n) is 3.45. The molecular weight excluding hydrogens is 406 g/mol. The highest BCUT2D eigenvalue weighted by atomic mass is 16.5. The summed E-state index contributed by atoms with van der Waals surface area (Å²) in [6.07, 6.45) is 1.81. The number of H-pyrrole nitrogens is 2. The van der Waals surface area contributed by atoms with E-state index in [1.54, 1.807) is 5.48 Å². The molecule has 0 aliphatic carbocycles. The van der Waals surface area contributed by atoms with Gasteiger partial charge in [-0.05, 0) is 37.2 Å². The van der Waals surface area contributed by atoms with Crippen LogP contribution in [0.5, 0.6) is 0 Å². The number of carbonyl (C=O) groups is 2. The number of benzene rings is 1. The van der Waals surface area contributed by atoms with Crippen molar-refractivity contribution in [3.05, 3.63) is 67.3 Å². The van der Waals surface area contributed by atoms with Gasteiger partial charge in [-0.25, -0.2) is 19.9 Å². The van der Waals surface area contributed by atoms with Gasteiger partial charge in [0, 0.05) is 0 Å². The van der Waals surface area contributed by atoms with E-state index in [4.69, 9.17) is 0 Å². The maximum Gasteiger partial charge on any atom is 0.353 e. The molecule has 0 spiro atoms.